The van der Waals surface area contributed by atoms with Crippen molar-refractivity contribution in [1.29, 1.82) is 0 Å². The zero-order valence-electron chi connectivity index (χ0n) is 16.5. The summed E-state index contributed by atoms with van der Waals surface area (Å²) in [4.78, 5) is 19.5. The summed E-state index contributed by atoms with van der Waals surface area (Å²) in [7, 11) is 0. The van der Waals surface area contributed by atoms with Crippen LogP contribution in [0.1, 0.15) is 46.7 Å². The van der Waals surface area contributed by atoms with E-state index in [1.807, 2.05) is 47.4 Å². The van der Waals surface area contributed by atoms with Crippen LogP contribution in [0.4, 0.5) is 0 Å². The molecule has 4 nitrogen and oxygen atoms in total. The fourth-order valence-electron chi connectivity index (χ4n) is 4.13. The van der Waals surface area contributed by atoms with Crippen molar-refractivity contribution in [2.45, 2.75) is 31.8 Å². The maximum atomic E-state index is 13.0. The van der Waals surface area contributed by atoms with Crippen molar-refractivity contribution in [2.24, 2.45) is 0 Å². The molecule has 1 N–H and O–H groups in total. The Morgan fingerprint density at radius 1 is 0.966 bits per heavy atom. The maximum Gasteiger partial charge on any atom is 0.255 e. The van der Waals surface area contributed by atoms with E-state index in [0.717, 1.165) is 49.2 Å². The Hall–Kier alpha value is -2.98. The molecule has 1 amide bonds. The van der Waals surface area contributed by atoms with E-state index in [-0.39, 0.29) is 12.5 Å². The van der Waals surface area contributed by atoms with Crippen molar-refractivity contribution >= 4 is 5.91 Å². The van der Waals surface area contributed by atoms with Crippen molar-refractivity contribution in [2.75, 3.05) is 13.1 Å². The summed E-state index contributed by atoms with van der Waals surface area (Å²) >= 11 is 0. The number of aromatic nitrogens is 1. The third-order valence-electron chi connectivity index (χ3n) is 5.76. The lowest BCUT2D eigenvalue weighted by atomic mass is 9.92. The number of aliphatic hydroxyl groups excluding tert-OH is 1. The van der Waals surface area contributed by atoms with Crippen LogP contribution < -0.4 is 0 Å². The second-order valence-electron chi connectivity index (χ2n) is 7.58. The number of aliphatic hydroxyl groups is 1. The van der Waals surface area contributed by atoms with Crippen LogP contribution in [0.25, 0.3) is 11.3 Å². The van der Waals surface area contributed by atoms with Gasteiger partial charge < -0.3 is 10.0 Å². The summed E-state index contributed by atoms with van der Waals surface area (Å²) in [5, 5.41) is 9.53. The quantitative estimate of drug-likeness (QED) is 0.710. The Kier molecular flexibility index (Phi) is 6.01. The molecule has 0 bridgehead atoms. The van der Waals surface area contributed by atoms with E-state index >= 15 is 0 Å². The molecule has 1 aromatic heterocycles. The average molecular weight is 386 g/mol. The van der Waals surface area contributed by atoms with E-state index in [2.05, 4.69) is 29.2 Å². The van der Waals surface area contributed by atoms with E-state index in [0.29, 0.717) is 11.5 Å². The summed E-state index contributed by atoms with van der Waals surface area (Å²) in [6.07, 6.45) is 4.78. The molecule has 0 aliphatic carbocycles. The van der Waals surface area contributed by atoms with Gasteiger partial charge in [-0.15, -0.1) is 0 Å². The van der Waals surface area contributed by atoms with Gasteiger partial charge in [-0.1, -0.05) is 54.6 Å². The smallest absolute Gasteiger partial charge is 0.255 e. The van der Waals surface area contributed by atoms with Crippen LogP contribution in [0, 0.1) is 0 Å². The summed E-state index contributed by atoms with van der Waals surface area (Å²) in [6.45, 7) is 1.53. The minimum atomic E-state index is -0.0328. The molecule has 4 heteroatoms. The number of nitrogens with zero attached hydrogens (tertiary/aromatic N) is 2. The van der Waals surface area contributed by atoms with Gasteiger partial charge in [0, 0.05) is 24.8 Å². The minimum absolute atomic E-state index is 0.0328. The Balaban J connectivity index is 1.46. The molecule has 1 aliphatic rings. The molecule has 2 aromatic carbocycles. The van der Waals surface area contributed by atoms with Crippen LogP contribution in [-0.2, 0) is 6.61 Å². The molecule has 1 atom stereocenters. The van der Waals surface area contributed by atoms with E-state index in [4.69, 9.17) is 0 Å². The lowest BCUT2D eigenvalue weighted by Gasteiger charge is -2.21. The lowest BCUT2D eigenvalue weighted by Crippen LogP contribution is -2.32. The standard InChI is InChI=1S/C25H26N2O2/c28-18-22-9-4-5-11-23(22)24-13-12-21(17-26-24)25(29)27-15-6-10-20(14-16-27)19-7-2-1-3-8-19/h1-5,7-9,11-13,17,20,28H,6,10,14-16,18H2/t20-/m1/s1. The predicted molar refractivity (Wildman–Crippen MR) is 115 cm³/mol. The summed E-state index contributed by atoms with van der Waals surface area (Å²) < 4.78 is 0. The van der Waals surface area contributed by atoms with E-state index < -0.39 is 0 Å². The van der Waals surface area contributed by atoms with E-state index in [9.17, 15) is 9.90 Å². The molecule has 0 spiro atoms. The lowest BCUT2D eigenvalue weighted by molar-refractivity contribution is 0.0760. The predicted octanol–water partition coefficient (Wildman–Crippen LogP) is 4.65. The highest BCUT2D eigenvalue weighted by Gasteiger charge is 2.22. The zero-order chi connectivity index (χ0) is 20.1. The molecule has 3 aromatic rings. The second-order valence-corrected chi connectivity index (χ2v) is 7.58. The monoisotopic (exact) mass is 386 g/mol. The molecule has 0 radical (unpaired) electrons. The van der Waals surface area contributed by atoms with E-state index in [1.165, 1.54) is 5.56 Å². The van der Waals surface area contributed by atoms with Gasteiger partial charge >= 0.3 is 0 Å². The molecular weight excluding hydrogens is 360 g/mol. The van der Waals surface area contributed by atoms with Crippen LogP contribution in [-0.4, -0.2) is 34.0 Å². The molecule has 2 heterocycles. The zero-order valence-corrected chi connectivity index (χ0v) is 16.5. The molecular formula is C25H26N2O2. The molecule has 29 heavy (non-hydrogen) atoms. The number of rotatable bonds is 4. The van der Waals surface area contributed by atoms with Crippen LogP contribution in [0.2, 0.25) is 0 Å². The van der Waals surface area contributed by atoms with Crippen LogP contribution in [0.3, 0.4) is 0 Å². The summed E-state index contributed by atoms with van der Waals surface area (Å²) in [5.74, 6) is 0.567. The number of benzene rings is 2. The largest absolute Gasteiger partial charge is 0.392 e. The number of carbonyl (C=O) groups excluding carboxylic acids is 1. The van der Waals surface area contributed by atoms with Gasteiger partial charge in [0.25, 0.3) is 5.91 Å². The SMILES string of the molecule is O=C(c1ccc(-c2ccccc2CO)nc1)N1CCC[C@@H](c2ccccc2)CC1. The Morgan fingerprint density at radius 2 is 1.76 bits per heavy atom. The minimum Gasteiger partial charge on any atom is -0.392 e. The number of hydrogen-bond donors (Lipinski definition) is 1. The highest BCUT2D eigenvalue weighted by atomic mass is 16.3. The number of carbonyl (C=O) groups is 1. The number of hydrogen-bond acceptors (Lipinski definition) is 3. The Labute approximate surface area is 171 Å². The highest BCUT2D eigenvalue weighted by Crippen LogP contribution is 2.28. The fraction of sp³-hybridized carbons (Fsp3) is 0.280. The first-order chi connectivity index (χ1) is 14.3. The van der Waals surface area contributed by atoms with Crippen LogP contribution in [0.15, 0.2) is 72.9 Å². The van der Waals surface area contributed by atoms with Crippen LogP contribution in [0.5, 0.6) is 0 Å². The Bertz CT molecular complexity index is 954. The molecule has 4 rings (SSSR count). The number of amides is 1. The third kappa shape index (κ3) is 4.38. The third-order valence-corrected chi connectivity index (χ3v) is 5.76. The Morgan fingerprint density at radius 3 is 2.52 bits per heavy atom. The molecule has 0 saturated carbocycles. The van der Waals surface area contributed by atoms with Crippen molar-refractivity contribution in [3.8, 4) is 11.3 Å². The number of likely N-dealkylation sites (tertiary alicyclic amines) is 1. The summed E-state index contributed by atoms with van der Waals surface area (Å²) in [5.41, 5.74) is 4.49. The van der Waals surface area contributed by atoms with Gasteiger partial charge in [-0.25, -0.2) is 0 Å². The molecule has 148 valence electrons. The summed E-state index contributed by atoms with van der Waals surface area (Å²) in [6, 6.07) is 22.0. The van der Waals surface area contributed by atoms with Crippen molar-refractivity contribution < 1.29 is 9.90 Å². The second kappa shape index (κ2) is 9.01. The first kappa shape index (κ1) is 19.3. The molecule has 1 saturated heterocycles. The maximum absolute atomic E-state index is 13.0. The van der Waals surface area contributed by atoms with Gasteiger partial charge in [-0.2, -0.15) is 0 Å². The van der Waals surface area contributed by atoms with E-state index in [1.54, 1.807) is 6.20 Å². The van der Waals surface area contributed by atoms with Gasteiger partial charge in [0.05, 0.1) is 17.9 Å². The molecule has 0 unspecified atom stereocenters. The fourth-order valence-corrected chi connectivity index (χ4v) is 4.13. The van der Waals surface area contributed by atoms with Gasteiger partial charge in [0.2, 0.25) is 0 Å². The van der Waals surface area contributed by atoms with Crippen molar-refractivity contribution in [1.82, 2.24) is 9.88 Å². The van der Waals surface area contributed by atoms with Gasteiger partial charge in [0.1, 0.15) is 0 Å². The first-order valence-electron chi connectivity index (χ1n) is 10.3. The van der Waals surface area contributed by atoms with Gasteiger partial charge in [0.15, 0.2) is 0 Å². The number of pyridine rings is 1. The first-order valence-corrected chi connectivity index (χ1v) is 10.3. The average Bonchev–Trinajstić information content (AvgIpc) is 3.06. The molecule has 1 aliphatic heterocycles. The van der Waals surface area contributed by atoms with Crippen molar-refractivity contribution in [3.63, 3.8) is 0 Å². The highest BCUT2D eigenvalue weighted by molar-refractivity contribution is 5.94. The van der Waals surface area contributed by atoms with Crippen LogP contribution >= 0.6 is 0 Å². The normalized spacial score (nSPS) is 17.0. The topological polar surface area (TPSA) is 53.4 Å². The van der Waals surface area contributed by atoms with Gasteiger partial charge in [-0.3, -0.25) is 9.78 Å². The van der Waals surface area contributed by atoms with Gasteiger partial charge in [-0.05, 0) is 48.4 Å². The molecule has 1 fully saturated rings. The van der Waals surface area contributed by atoms with Crippen molar-refractivity contribution in [3.05, 3.63) is 89.6 Å².